The summed E-state index contributed by atoms with van der Waals surface area (Å²) in [5, 5.41) is 16.2. The molecule has 4 rings (SSSR count). The third-order valence-corrected chi connectivity index (χ3v) is 48.5. The molecule has 198 valence electrons. The van der Waals surface area contributed by atoms with Gasteiger partial charge in [-0.25, -0.2) is 0 Å². The second-order valence-corrected chi connectivity index (χ2v) is 41.8. The van der Waals surface area contributed by atoms with Crippen LogP contribution in [0.5, 0.6) is 0 Å². The van der Waals surface area contributed by atoms with Crippen molar-refractivity contribution in [2.75, 3.05) is 0 Å². The molecule has 0 bridgehead atoms. The van der Waals surface area contributed by atoms with Crippen molar-refractivity contribution in [1.82, 2.24) is 0 Å². The van der Waals surface area contributed by atoms with Crippen LogP contribution in [0.4, 0.5) is 0 Å². The first-order valence-corrected chi connectivity index (χ1v) is 27.3. The highest BCUT2D eigenvalue weighted by molar-refractivity contribution is 7.81. The Hall–Kier alpha value is -2.29. The molecule has 0 saturated heterocycles. The summed E-state index contributed by atoms with van der Waals surface area (Å²) in [6.07, 6.45) is 0. The quantitative estimate of drug-likeness (QED) is 0.238. The SMILES string of the molecule is C[Si](C)(C)CC[Si](C)(C)[Si](c1ccccc1)(c1ccc(CO)cc1)[Si](C)(c1ccccc1)c1ccccc1. The lowest BCUT2D eigenvalue weighted by Gasteiger charge is -2.56. The number of hydrogen-bond donors (Lipinski definition) is 1. The van der Waals surface area contributed by atoms with Gasteiger partial charge in [0.1, 0.15) is 14.7 Å². The molecule has 0 aliphatic carbocycles. The van der Waals surface area contributed by atoms with Crippen molar-refractivity contribution < 1.29 is 5.11 Å². The fourth-order valence-electron chi connectivity index (χ4n) is 6.77. The monoisotopic (exact) mass is 568 g/mol. The summed E-state index contributed by atoms with van der Waals surface area (Å²) in [6, 6.07) is 46.6. The Bertz CT molecular complexity index is 1260. The van der Waals surface area contributed by atoms with Gasteiger partial charge in [0.2, 0.25) is 0 Å². The van der Waals surface area contributed by atoms with Crippen molar-refractivity contribution in [2.24, 2.45) is 0 Å². The molecule has 4 aromatic rings. The molecule has 0 spiro atoms. The molecule has 1 N–H and O–H groups in total. The van der Waals surface area contributed by atoms with Gasteiger partial charge in [0.15, 0.2) is 0 Å². The van der Waals surface area contributed by atoms with E-state index in [4.69, 9.17) is 0 Å². The van der Waals surface area contributed by atoms with Gasteiger partial charge in [0.05, 0.1) is 14.2 Å². The zero-order valence-electron chi connectivity index (χ0n) is 24.0. The van der Waals surface area contributed by atoms with E-state index in [9.17, 15) is 5.11 Å². The first-order valence-electron chi connectivity index (χ1n) is 13.9. The average Bonchev–Trinajstić information content (AvgIpc) is 2.93. The molecule has 0 amide bonds. The Morgan fingerprint density at radius 2 is 0.868 bits per heavy atom. The second kappa shape index (κ2) is 11.4. The van der Waals surface area contributed by atoms with Gasteiger partial charge in [-0.2, -0.15) is 0 Å². The molecule has 0 aliphatic rings. The molecule has 5 heteroatoms. The highest BCUT2D eigenvalue weighted by atomic mass is 29.6. The summed E-state index contributed by atoms with van der Waals surface area (Å²) in [6.45, 7) is 15.8. The van der Waals surface area contributed by atoms with Crippen molar-refractivity contribution in [1.29, 1.82) is 0 Å². The average molecular weight is 569 g/mol. The Kier molecular flexibility index (Phi) is 8.64. The van der Waals surface area contributed by atoms with E-state index in [-0.39, 0.29) is 6.61 Å². The van der Waals surface area contributed by atoms with Crippen molar-refractivity contribution in [2.45, 2.75) is 58.0 Å². The maximum Gasteiger partial charge on any atom is 0.115 e. The summed E-state index contributed by atoms with van der Waals surface area (Å²) < 4.78 is 0. The van der Waals surface area contributed by atoms with Gasteiger partial charge in [-0.3, -0.25) is 0 Å². The van der Waals surface area contributed by atoms with Gasteiger partial charge in [0.25, 0.3) is 0 Å². The molecular weight excluding hydrogens is 525 g/mol. The van der Waals surface area contributed by atoms with Crippen LogP contribution in [0.3, 0.4) is 0 Å². The highest BCUT2D eigenvalue weighted by Crippen LogP contribution is 2.35. The smallest absolute Gasteiger partial charge is 0.115 e. The minimum atomic E-state index is -2.43. The third kappa shape index (κ3) is 5.27. The van der Waals surface area contributed by atoms with Crippen LogP contribution in [0.2, 0.25) is 51.4 Å². The minimum Gasteiger partial charge on any atom is -0.392 e. The van der Waals surface area contributed by atoms with Gasteiger partial charge in [0, 0.05) is 8.07 Å². The zero-order valence-corrected chi connectivity index (χ0v) is 28.0. The van der Waals surface area contributed by atoms with E-state index in [1.807, 2.05) is 0 Å². The summed E-state index contributed by atoms with van der Waals surface area (Å²) in [5.41, 5.74) is 0.995. The number of hydrogen-bond acceptors (Lipinski definition) is 1. The molecule has 1 atom stereocenters. The number of aliphatic hydroxyl groups is 1. The van der Waals surface area contributed by atoms with Crippen LogP contribution >= 0.6 is 0 Å². The van der Waals surface area contributed by atoms with Gasteiger partial charge in [-0.1, -0.05) is 187 Å². The Balaban J connectivity index is 2.19. The van der Waals surface area contributed by atoms with Crippen molar-refractivity contribution >= 4 is 51.1 Å². The van der Waals surface area contributed by atoms with Crippen LogP contribution in [-0.2, 0) is 6.61 Å². The summed E-state index contributed by atoms with van der Waals surface area (Å²) in [4.78, 5) is 0. The molecule has 0 fully saturated rings. The molecule has 1 unspecified atom stereocenters. The number of benzene rings is 4. The maximum absolute atomic E-state index is 9.93. The normalized spacial score (nSPS) is 14.2. The fourth-order valence-corrected chi connectivity index (χ4v) is 57.3. The van der Waals surface area contributed by atoms with Crippen LogP contribution in [0.25, 0.3) is 0 Å². The van der Waals surface area contributed by atoms with Gasteiger partial charge in [-0.05, 0) is 5.56 Å². The minimum absolute atomic E-state index is 0.0860. The fraction of sp³-hybridized carbons (Fsp3) is 0.273. The van der Waals surface area contributed by atoms with Crippen molar-refractivity contribution in [3.8, 4) is 0 Å². The standard InChI is InChI=1S/C33H44OSi4/c1-35(2,3)26-27-36(4,5)38(32-20-14-9-15-21-32,33-24-22-29(28-34)23-25-33)37(6,30-16-10-7-11-17-30)31-18-12-8-13-19-31/h7-25,34H,26-28H2,1-6H3. The van der Waals surface area contributed by atoms with Crippen molar-refractivity contribution in [3.63, 3.8) is 0 Å². The van der Waals surface area contributed by atoms with E-state index in [2.05, 4.69) is 155 Å². The lowest BCUT2D eigenvalue weighted by Crippen LogP contribution is -2.92. The second-order valence-electron chi connectivity index (χ2n) is 12.8. The van der Waals surface area contributed by atoms with Crippen LogP contribution in [0.15, 0.2) is 115 Å². The predicted molar refractivity (Wildman–Crippen MR) is 178 cm³/mol. The van der Waals surface area contributed by atoms with Crippen LogP contribution < -0.4 is 20.7 Å². The van der Waals surface area contributed by atoms with Crippen molar-refractivity contribution in [3.05, 3.63) is 121 Å². The molecule has 4 aromatic carbocycles. The van der Waals surface area contributed by atoms with E-state index >= 15 is 0 Å². The lowest BCUT2D eigenvalue weighted by atomic mass is 10.2. The molecule has 0 saturated carbocycles. The van der Waals surface area contributed by atoms with Crippen LogP contribution in [0.1, 0.15) is 5.56 Å². The zero-order chi connectivity index (χ0) is 27.4. The number of rotatable bonds is 10. The predicted octanol–water partition coefficient (Wildman–Crippen LogP) is 5.84. The molecule has 0 aliphatic heterocycles. The van der Waals surface area contributed by atoms with Gasteiger partial charge < -0.3 is 5.11 Å². The van der Waals surface area contributed by atoms with E-state index in [1.165, 1.54) is 12.1 Å². The Morgan fingerprint density at radius 1 is 0.474 bits per heavy atom. The highest BCUT2D eigenvalue weighted by Gasteiger charge is 2.64. The summed E-state index contributed by atoms with van der Waals surface area (Å²) in [7, 11) is -7.97. The molecule has 0 heterocycles. The van der Waals surface area contributed by atoms with Gasteiger partial charge in [-0.15, -0.1) is 0 Å². The summed E-state index contributed by atoms with van der Waals surface area (Å²) >= 11 is 0. The van der Waals surface area contributed by atoms with E-state index < -0.39 is 30.4 Å². The van der Waals surface area contributed by atoms with E-state index in [1.54, 1.807) is 20.7 Å². The molecule has 0 aromatic heterocycles. The van der Waals surface area contributed by atoms with E-state index in [0.29, 0.717) is 0 Å². The molecule has 1 nitrogen and oxygen atoms in total. The Morgan fingerprint density at radius 3 is 1.26 bits per heavy atom. The van der Waals surface area contributed by atoms with Crippen LogP contribution in [-0.4, -0.2) is 35.5 Å². The van der Waals surface area contributed by atoms with Crippen LogP contribution in [0, 0.1) is 0 Å². The number of aliphatic hydroxyl groups excluding tert-OH is 1. The maximum atomic E-state index is 9.93. The van der Waals surface area contributed by atoms with E-state index in [0.717, 1.165) is 5.56 Å². The largest absolute Gasteiger partial charge is 0.392 e. The first-order chi connectivity index (χ1) is 18.1. The summed E-state index contributed by atoms with van der Waals surface area (Å²) in [5.74, 6) is 0. The topological polar surface area (TPSA) is 20.2 Å². The van der Waals surface area contributed by atoms with Gasteiger partial charge >= 0.3 is 0 Å². The first kappa shape index (κ1) is 28.7. The molecule has 0 radical (unpaired) electrons. The Labute approximate surface area is 234 Å². The molecular formula is C33H44OSi4. The molecule has 38 heavy (non-hydrogen) atoms. The third-order valence-electron chi connectivity index (χ3n) is 8.74. The lowest BCUT2D eigenvalue weighted by molar-refractivity contribution is 0.282.